The minimum absolute atomic E-state index is 0.242. The Labute approximate surface area is 171 Å². The van der Waals surface area contributed by atoms with E-state index in [9.17, 15) is 4.79 Å². The van der Waals surface area contributed by atoms with E-state index in [4.69, 9.17) is 33.7 Å². The molecule has 2 aromatic carbocycles. The summed E-state index contributed by atoms with van der Waals surface area (Å²) in [5.74, 6) is 0.534. The van der Waals surface area contributed by atoms with E-state index in [1.165, 1.54) is 12.4 Å². The van der Waals surface area contributed by atoms with Crippen LogP contribution in [0.4, 0.5) is 23.0 Å². The van der Waals surface area contributed by atoms with Crippen LogP contribution in [-0.2, 0) is 4.79 Å². The van der Waals surface area contributed by atoms with Gasteiger partial charge in [-0.3, -0.25) is 15.6 Å². The van der Waals surface area contributed by atoms with Gasteiger partial charge in [-0.05, 0) is 30.3 Å². The molecule has 0 spiro atoms. The number of hydrogen-bond donors (Lipinski definition) is 4. The van der Waals surface area contributed by atoms with Crippen LogP contribution < -0.4 is 26.6 Å². The van der Waals surface area contributed by atoms with Crippen molar-refractivity contribution in [3.63, 3.8) is 0 Å². The van der Waals surface area contributed by atoms with Crippen molar-refractivity contribution in [1.82, 2.24) is 15.4 Å². The van der Waals surface area contributed by atoms with Gasteiger partial charge in [-0.15, -0.1) is 0 Å². The van der Waals surface area contributed by atoms with Gasteiger partial charge in [-0.25, -0.2) is 9.97 Å². The van der Waals surface area contributed by atoms with Gasteiger partial charge in [0.05, 0.1) is 5.02 Å². The zero-order chi connectivity index (χ0) is 19.9. The molecule has 28 heavy (non-hydrogen) atoms. The summed E-state index contributed by atoms with van der Waals surface area (Å²) in [6.07, 6.45) is 1.32. The van der Waals surface area contributed by atoms with Crippen molar-refractivity contribution < 1.29 is 9.53 Å². The summed E-state index contributed by atoms with van der Waals surface area (Å²) < 4.78 is 5.36. The van der Waals surface area contributed by atoms with Gasteiger partial charge in [0.15, 0.2) is 18.2 Å². The first kappa shape index (κ1) is 19.5. The molecule has 8 nitrogen and oxygen atoms in total. The summed E-state index contributed by atoms with van der Waals surface area (Å²) in [4.78, 5) is 20.1. The van der Waals surface area contributed by atoms with Crippen molar-refractivity contribution in [2.24, 2.45) is 0 Å². The zero-order valence-electron chi connectivity index (χ0n) is 14.4. The highest BCUT2D eigenvalue weighted by Gasteiger charge is 2.10. The smallest absolute Gasteiger partial charge is 0.276 e. The average molecular weight is 419 g/mol. The number of anilines is 4. The van der Waals surface area contributed by atoms with E-state index in [-0.39, 0.29) is 18.1 Å². The summed E-state index contributed by atoms with van der Waals surface area (Å²) in [7, 11) is 0. The number of nitrogens with one attached hydrogen (secondary N) is 3. The molecule has 0 saturated carbocycles. The van der Waals surface area contributed by atoms with Crippen LogP contribution in [-0.4, -0.2) is 22.5 Å². The SMILES string of the molecule is Nc1c(NNC(=O)COc2ccc(Cl)cc2Cl)ncnc1Nc1ccccc1. The highest BCUT2D eigenvalue weighted by Crippen LogP contribution is 2.27. The molecule has 0 aliphatic carbocycles. The Balaban J connectivity index is 1.56. The number of nitrogens with two attached hydrogens (primary N) is 1. The van der Waals surface area contributed by atoms with Crippen molar-refractivity contribution >= 4 is 52.1 Å². The van der Waals surface area contributed by atoms with E-state index in [0.717, 1.165) is 5.69 Å². The predicted molar refractivity (Wildman–Crippen MR) is 110 cm³/mol. The van der Waals surface area contributed by atoms with Gasteiger partial charge >= 0.3 is 0 Å². The Morgan fingerprint density at radius 1 is 1.07 bits per heavy atom. The van der Waals surface area contributed by atoms with E-state index in [1.54, 1.807) is 12.1 Å². The summed E-state index contributed by atoms with van der Waals surface area (Å²) in [5, 5.41) is 3.86. The van der Waals surface area contributed by atoms with E-state index in [0.29, 0.717) is 21.6 Å². The van der Waals surface area contributed by atoms with Gasteiger partial charge in [0.1, 0.15) is 17.8 Å². The summed E-state index contributed by atoms with van der Waals surface area (Å²) in [6, 6.07) is 14.1. The quantitative estimate of drug-likeness (QED) is 0.433. The molecule has 0 unspecified atom stereocenters. The molecule has 1 heterocycles. The van der Waals surface area contributed by atoms with Gasteiger partial charge in [-0.1, -0.05) is 41.4 Å². The van der Waals surface area contributed by atoms with Gasteiger partial charge in [0.2, 0.25) is 0 Å². The number of carbonyl (C=O) groups excluding carboxylic acids is 1. The maximum Gasteiger partial charge on any atom is 0.276 e. The Morgan fingerprint density at radius 3 is 2.57 bits per heavy atom. The van der Waals surface area contributed by atoms with E-state index >= 15 is 0 Å². The zero-order valence-corrected chi connectivity index (χ0v) is 16.0. The number of nitrogen functional groups attached to an aromatic ring is 1. The van der Waals surface area contributed by atoms with E-state index < -0.39 is 5.91 Å². The molecular weight excluding hydrogens is 403 g/mol. The number of rotatable bonds is 7. The van der Waals surface area contributed by atoms with Crippen LogP contribution in [0.5, 0.6) is 5.75 Å². The lowest BCUT2D eigenvalue weighted by atomic mass is 10.3. The van der Waals surface area contributed by atoms with Crippen molar-refractivity contribution in [2.75, 3.05) is 23.1 Å². The first-order valence-electron chi connectivity index (χ1n) is 8.08. The predicted octanol–water partition coefficient (Wildman–Crippen LogP) is 3.63. The standard InChI is InChI=1S/C18H16Cl2N6O2/c19-11-6-7-14(13(20)8-11)28-9-15(27)25-26-18-16(21)17(22-10-23-18)24-12-4-2-1-3-5-12/h1-8,10H,9,21H2,(H,25,27)(H2,22,23,24,26). The number of aromatic nitrogens is 2. The largest absolute Gasteiger partial charge is 0.482 e. The molecule has 0 fully saturated rings. The fourth-order valence-electron chi connectivity index (χ4n) is 2.15. The number of carbonyl (C=O) groups is 1. The van der Waals surface area contributed by atoms with Crippen LogP contribution in [0.2, 0.25) is 10.0 Å². The average Bonchev–Trinajstić information content (AvgIpc) is 2.69. The number of amides is 1. The lowest BCUT2D eigenvalue weighted by Gasteiger charge is -2.13. The van der Waals surface area contributed by atoms with Crippen LogP contribution in [0.25, 0.3) is 0 Å². The molecule has 0 radical (unpaired) electrons. The third kappa shape index (κ3) is 5.15. The lowest BCUT2D eigenvalue weighted by molar-refractivity contribution is -0.122. The second-order valence-corrected chi connectivity index (χ2v) is 6.36. The molecular formula is C18H16Cl2N6O2. The first-order chi connectivity index (χ1) is 13.5. The van der Waals surface area contributed by atoms with Crippen LogP contribution in [0.3, 0.4) is 0 Å². The second-order valence-electron chi connectivity index (χ2n) is 5.51. The third-order valence-electron chi connectivity index (χ3n) is 3.49. The summed E-state index contributed by atoms with van der Waals surface area (Å²) in [5.41, 5.74) is 12.2. The summed E-state index contributed by atoms with van der Waals surface area (Å²) >= 11 is 11.8. The molecule has 0 atom stereocenters. The summed E-state index contributed by atoms with van der Waals surface area (Å²) in [6.45, 7) is -0.269. The number of ether oxygens (including phenoxy) is 1. The van der Waals surface area contributed by atoms with Crippen molar-refractivity contribution in [3.05, 3.63) is 64.9 Å². The van der Waals surface area contributed by atoms with E-state index in [1.807, 2.05) is 30.3 Å². The normalized spacial score (nSPS) is 10.2. The van der Waals surface area contributed by atoms with Crippen molar-refractivity contribution in [1.29, 1.82) is 0 Å². The fraction of sp³-hybridized carbons (Fsp3) is 0.0556. The van der Waals surface area contributed by atoms with Gasteiger partial charge < -0.3 is 15.8 Å². The first-order valence-corrected chi connectivity index (χ1v) is 8.84. The number of benzene rings is 2. The minimum Gasteiger partial charge on any atom is -0.482 e. The maximum atomic E-state index is 12.0. The van der Waals surface area contributed by atoms with Crippen LogP contribution in [0, 0.1) is 0 Å². The van der Waals surface area contributed by atoms with Crippen LogP contribution in [0.15, 0.2) is 54.9 Å². The molecule has 144 valence electrons. The molecule has 10 heteroatoms. The second kappa shape index (κ2) is 9.12. The molecule has 3 rings (SSSR count). The van der Waals surface area contributed by atoms with Crippen molar-refractivity contribution in [3.8, 4) is 5.75 Å². The molecule has 5 N–H and O–H groups in total. The Kier molecular flexibility index (Phi) is 6.36. The number of hydrogen-bond acceptors (Lipinski definition) is 7. The number of halogens is 2. The van der Waals surface area contributed by atoms with E-state index in [2.05, 4.69) is 26.1 Å². The Morgan fingerprint density at radius 2 is 1.82 bits per heavy atom. The third-order valence-corrected chi connectivity index (χ3v) is 4.02. The molecule has 1 amide bonds. The monoisotopic (exact) mass is 418 g/mol. The maximum absolute atomic E-state index is 12.0. The molecule has 0 aliphatic rings. The molecule has 0 bridgehead atoms. The topological polar surface area (TPSA) is 114 Å². The number of nitrogens with zero attached hydrogens (tertiary/aromatic N) is 2. The highest BCUT2D eigenvalue weighted by molar-refractivity contribution is 6.35. The Hall–Kier alpha value is -3.23. The lowest BCUT2D eigenvalue weighted by Crippen LogP contribution is -2.34. The van der Waals surface area contributed by atoms with Crippen LogP contribution in [0.1, 0.15) is 0 Å². The fourth-order valence-corrected chi connectivity index (χ4v) is 2.62. The number of para-hydroxylation sites is 1. The van der Waals surface area contributed by atoms with Crippen LogP contribution >= 0.6 is 23.2 Å². The number of hydrazine groups is 1. The highest BCUT2D eigenvalue weighted by atomic mass is 35.5. The molecule has 0 saturated heterocycles. The van der Waals surface area contributed by atoms with Gasteiger partial charge in [0, 0.05) is 10.7 Å². The van der Waals surface area contributed by atoms with Gasteiger partial charge in [-0.2, -0.15) is 0 Å². The molecule has 1 aromatic heterocycles. The molecule has 0 aliphatic heterocycles. The minimum atomic E-state index is -0.457. The Bertz CT molecular complexity index is 972. The van der Waals surface area contributed by atoms with Gasteiger partial charge in [0.25, 0.3) is 5.91 Å². The van der Waals surface area contributed by atoms with Crippen molar-refractivity contribution in [2.45, 2.75) is 0 Å². The molecule has 3 aromatic rings.